The first-order valence-corrected chi connectivity index (χ1v) is 8.36. The van der Waals surface area contributed by atoms with Crippen LogP contribution < -0.4 is 10.1 Å². The average Bonchev–Trinajstić information content (AvgIpc) is 2.54. The Morgan fingerprint density at radius 3 is 2.50 bits per heavy atom. The van der Waals surface area contributed by atoms with Crippen LogP contribution in [0.2, 0.25) is 0 Å². The van der Waals surface area contributed by atoms with E-state index in [0.29, 0.717) is 0 Å². The second-order valence-corrected chi connectivity index (χ2v) is 6.53. The van der Waals surface area contributed by atoms with E-state index in [-0.39, 0.29) is 55.9 Å². The average molecular weight is 385 g/mol. The number of aliphatic hydroxyl groups is 1. The highest BCUT2D eigenvalue weighted by Crippen LogP contribution is 2.36. The minimum atomic E-state index is -4.53. The Labute approximate surface area is 147 Å². The molecule has 0 saturated heterocycles. The van der Waals surface area contributed by atoms with Crippen LogP contribution in [0.15, 0.2) is 18.2 Å². The Morgan fingerprint density at radius 2 is 1.88 bits per heavy atom. The Balaban J connectivity index is 1.88. The lowest BCUT2D eigenvalue weighted by Crippen LogP contribution is -2.32. The van der Waals surface area contributed by atoms with Gasteiger partial charge in [0.1, 0.15) is 0 Å². The second kappa shape index (κ2) is 8.47. The molecule has 1 unspecified atom stereocenters. The summed E-state index contributed by atoms with van der Waals surface area (Å²) in [7, 11) is 0. The fourth-order valence-corrected chi connectivity index (χ4v) is 2.83. The highest BCUT2D eigenvalue weighted by atomic mass is 19.4. The summed E-state index contributed by atoms with van der Waals surface area (Å²) in [6.45, 7) is -0.420. The third-order valence-corrected chi connectivity index (χ3v) is 4.39. The molecule has 148 valence electrons. The van der Waals surface area contributed by atoms with Crippen molar-refractivity contribution >= 4 is 0 Å². The highest BCUT2D eigenvalue weighted by molar-refractivity contribution is 5.31. The van der Waals surface area contributed by atoms with Gasteiger partial charge in [-0.1, -0.05) is 6.07 Å². The standard InChI is InChI=1S/C17H21F6NO2/c18-13-2-1-12(14(25)5-8-24-17(21,22)23)9-15(13)26-10-11-3-6-16(19,20)7-4-11/h1-2,9,11,14,24-25H,3-8,10H2. The molecular formula is C17H21F6NO2. The van der Waals surface area contributed by atoms with Crippen LogP contribution in [0.25, 0.3) is 0 Å². The van der Waals surface area contributed by atoms with E-state index in [4.69, 9.17) is 4.74 Å². The first-order valence-electron chi connectivity index (χ1n) is 8.36. The van der Waals surface area contributed by atoms with Crippen LogP contribution in [0.4, 0.5) is 26.3 Å². The molecule has 1 aromatic rings. The molecule has 0 amide bonds. The van der Waals surface area contributed by atoms with Crippen molar-refractivity contribution in [2.75, 3.05) is 13.2 Å². The van der Waals surface area contributed by atoms with Crippen molar-refractivity contribution in [1.29, 1.82) is 0 Å². The number of nitrogens with one attached hydrogen (secondary N) is 1. The van der Waals surface area contributed by atoms with Gasteiger partial charge in [-0.05, 0) is 42.9 Å². The van der Waals surface area contributed by atoms with E-state index < -0.39 is 30.7 Å². The molecule has 9 heteroatoms. The molecule has 3 nitrogen and oxygen atoms in total. The monoisotopic (exact) mass is 385 g/mol. The van der Waals surface area contributed by atoms with Crippen LogP contribution in [0.3, 0.4) is 0 Å². The molecule has 0 bridgehead atoms. The van der Waals surface area contributed by atoms with Gasteiger partial charge in [0.15, 0.2) is 11.6 Å². The molecule has 1 aliphatic rings. The number of benzene rings is 1. The van der Waals surface area contributed by atoms with E-state index in [2.05, 4.69) is 0 Å². The molecule has 1 atom stereocenters. The van der Waals surface area contributed by atoms with Gasteiger partial charge in [0.25, 0.3) is 0 Å². The summed E-state index contributed by atoms with van der Waals surface area (Å²) in [5, 5.41) is 11.2. The molecule has 26 heavy (non-hydrogen) atoms. The lowest BCUT2D eigenvalue weighted by molar-refractivity contribution is -0.157. The number of alkyl halides is 5. The van der Waals surface area contributed by atoms with Gasteiger partial charge in [0, 0.05) is 19.4 Å². The van der Waals surface area contributed by atoms with E-state index in [1.54, 1.807) is 0 Å². The smallest absolute Gasteiger partial charge is 0.457 e. The molecule has 1 saturated carbocycles. The minimum absolute atomic E-state index is 0.0716. The lowest BCUT2D eigenvalue weighted by atomic mass is 9.87. The fraction of sp³-hybridized carbons (Fsp3) is 0.647. The summed E-state index contributed by atoms with van der Waals surface area (Å²) in [5.41, 5.74) is 0.223. The Morgan fingerprint density at radius 1 is 1.23 bits per heavy atom. The van der Waals surface area contributed by atoms with Gasteiger partial charge >= 0.3 is 6.30 Å². The van der Waals surface area contributed by atoms with Gasteiger partial charge in [-0.3, -0.25) is 0 Å². The molecule has 1 aliphatic carbocycles. The number of halogens is 6. The molecule has 2 N–H and O–H groups in total. The maximum Gasteiger partial charge on any atom is 0.457 e. The largest absolute Gasteiger partial charge is 0.490 e. The second-order valence-electron chi connectivity index (χ2n) is 6.53. The molecular weight excluding hydrogens is 364 g/mol. The van der Waals surface area contributed by atoms with E-state index in [9.17, 15) is 31.4 Å². The topological polar surface area (TPSA) is 41.5 Å². The van der Waals surface area contributed by atoms with Gasteiger partial charge < -0.3 is 9.84 Å². The highest BCUT2D eigenvalue weighted by Gasteiger charge is 2.35. The number of aliphatic hydroxyl groups excluding tert-OH is 1. The summed E-state index contributed by atoms with van der Waals surface area (Å²) in [6.07, 6.45) is -5.87. The van der Waals surface area contributed by atoms with Crippen molar-refractivity contribution in [3.8, 4) is 5.75 Å². The Kier molecular flexibility index (Phi) is 6.79. The molecule has 0 aliphatic heterocycles. The van der Waals surface area contributed by atoms with Crippen LogP contribution >= 0.6 is 0 Å². The zero-order valence-corrected chi connectivity index (χ0v) is 14.0. The molecule has 1 aromatic carbocycles. The van der Waals surface area contributed by atoms with Crippen molar-refractivity contribution in [1.82, 2.24) is 5.32 Å². The maximum absolute atomic E-state index is 13.8. The van der Waals surface area contributed by atoms with E-state index in [1.807, 2.05) is 0 Å². The van der Waals surface area contributed by atoms with Crippen LogP contribution in [-0.2, 0) is 0 Å². The number of rotatable bonds is 7. The fourth-order valence-electron chi connectivity index (χ4n) is 2.83. The van der Waals surface area contributed by atoms with Gasteiger partial charge in [0.05, 0.1) is 12.7 Å². The van der Waals surface area contributed by atoms with Crippen LogP contribution in [0.5, 0.6) is 5.75 Å². The predicted molar refractivity (Wildman–Crippen MR) is 82.4 cm³/mol. The molecule has 0 heterocycles. The normalized spacial score (nSPS) is 19.3. The summed E-state index contributed by atoms with van der Waals surface area (Å²) in [6, 6.07) is 3.55. The van der Waals surface area contributed by atoms with E-state index >= 15 is 0 Å². The molecule has 1 fully saturated rings. The maximum atomic E-state index is 13.8. The van der Waals surface area contributed by atoms with Crippen LogP contribution in [0.1, 0.15) is 43.8 Å². The van der Waals surface area contributed by atoms with Crippen LogP contribution in [-0.4, -0.2) is 30.5 Å². The molecule has 2 rings (SSSR count). The van der Waals surface area contributed by atoms with Crippen molar-refractivity contribution < 1.29 is 36.2 Å². The van der Waals surface area contributed by atoms with Crippen molar-refractivity contribution in [2.45, 2.75) is 50.4 Å². The number of hydrogen-bond acceptors (Lipinski definition) is 3. The predicted octanol–water partition coefficient (Wildman–Crippen LogP) is 4.56. The van der Waals surface area contributed by atoms with Gasteiger partial charge in [-0.2, -0.15) is 13.2 Å². The summed E-state index contributed by atoms with van der Waals surface area (Å²) >= 11 is 0. The first-order chi connectivity index (χ1) is 12.1. The zero-order chi connectivity index (χ0) is 19.4. The van der Waals surface area contributed by atoms with Crippen molar-refractivity contribution in [3.63, 3.8) is 0 Å². The third kappa shape index (κ3) is 6.68. The third-order valence-electron chi connectivity index (χ3n) is 4.39. The van der Waals surface area contributed by atoms with Crippen molar-refractivity contribution in [2.24, 2.45) is 5.92 Å². The van der Waals surface area contributed by atoms with E-state index in [1.165, 1.54) is 17.4 Å². The number of ether oxygens (including phenoxy) is 1. The van der Waals surface area contributed by atoms with Gasteiger partial charge in [0.2, 0.25) is 5.92 Å². The Bertz CT molecular complexity index is 583. The molecule has 0 aromatic heterocycles. The van der Waals surface area contributed by atoms with Gasteiger partial charge in [-0.25, -0.2) is 18.5 Å². The lowest BCUT2D eigenvalue weighted by Gasteiger charge is -2.28. The molecule has 0 radical (unpaired) electrons. The first kappa shape index (κ1) is 20.8. The Hall–Kier alpha value is -1.48. The van der Waals surface area contributed by atoms with Crippen molar-refractivity contribution in [3.05, 3.63) is 29.6 Å². The van der Waals surface area contributed by atoms with Gasteiger partial charge in [-0.15, -0.1) is 0 Å². The summed E-state index contributed by atoms with van der Waals surface area (Å²) in [4.78, 5) is 0. The quantitative estimate of drug-likeness (QED) is 0.534. The summed E-state index contributed by atoms with van der Waals surface area (Å²) < 4.78 is 81.6. The summed E-state index contributed by atoms with van der Waals surface area (Å²) in [5.74, 6) is -3.60. The van der Waals surface area contributed by atoms with E-state index in [0.717, 1.165) is 6.07 Å². The SMILES string of the molecule is OC(CCNC(F)(F)F)c1ccc(F)c(OCC2CCC(F)(F)CC2)c1. The molecule has 0 spiro atoms. The zero-order valence-electron chi connectivity index (χ0n) is 14.0. The van der Waals surface area contributed by atoms with Crippen LogP contribution in [0, 0.1) is 11.7 Å². The number of hydrogen-bond donors (Lipinski definition) is 2. The minimum Gasteiger partial charge on any atom is -0.490 e.